The first-order valence-electron chi connectivity index (χ1n) is 8.29. The summed E-state index contributed by atoms with van der Waals surface area (Å²) in [6, 6.07) is 4.73. The minimum absolute atomic E-state index is 0.426. The molecular weight excluding hydrogens is 248 g/mol. The van der Waals surface area contributed by atoms with Crippen LogP contribution in [0.4, 0.5) is 0 Å². The number of rotatable bonds is 4. The minimum Gasteiger partial charge on any atom is -0.469 e. The summed E-state index contributed by atoms with van der Waals surface area (Å²) in [7, 11) is 0. The topological polar surface area (TPSA) is 28.4 Å². The summed E-state index contributed by atoms with van der Waals surface area (Å²) in [6.45, 7) is 5.98. The fraction of sp³-hybridized carbons (Fsp3) is 0.765. The Morgan fingerprint density at radius 2 is 2.20 bits per heavy atom. The molecule has 0 bridgehead atoms. The molecule has 20 heavy (non-hydrogen) atoms. The first-order valence-corrected chi connectivity index (χ1v) is 8.29. The Labute approximate surface area is 122 Å². The van der Waals surface area contributed by atoms with Gasteiger partial charge in [0.05, 0.1) is 6.26 Å². The Morgan fingerprint density at radius 1 is 1.35 bits per heavy atom. The summed E-state index contributed by atoms with van der Waals surface area (Å²) in [5.74, 6) is 1.12. The van der Waals surface area contributed by atoms with Crippen LogP contribution in [0.5, 0.6) is 0 Å². The van der Waals surface area contributed by atoms with E-state index in [0.29, 0.717) is 11.6 Å². The van der Waals surface area contributed by atoms with Crippen molar-refractivity contribution >= 4 is 0 Å². The minimum atomic E-state index is 0.426. The van der Waals surface area contributed by atoms with E-state index in [4.69, 9.17) is 4.42 Å². The van der Waals surface area contributed by atoms with Gasteiger partial charge in [0.2, 0.25) is 0 Å². The third kappa shape index (κ3) is 3.26. The van der Waals surface area contributed by atoms with E-state index in [9.17, 15) is 0 Å². The third-order valence-electron chi connectivity index (χ3n) is 5.23. The molecule has 1 N–H and O–H groups in total. The van der Waals surface area contributed by atoms with Crippen LogP contribution in [0.3, 0.4) is 0 Å². The van der Waals surface area contributed by atoms with E-state index in [1.807, 2.05) is 6.07 Å². The van der Waals surface area contributed by atoms with Gasteiger partial charge in [0.25, 0.3) is 0 Å². The highest BCUT2D eigenvalue weighted by molar-refractivity contribution is 5.00. The van der Waals surface area contributed by atoms with Crippen LogP contribution in [0.25, 0.3) is 0 Å². The van der Waals surface area contributed by atoms with Crippen molar-refractivity contribution < 1.29 is 4.42 Å². The Morgan fingerprint density at radius 3 is 2.95 bits per heavy atom. The maximum Gasteiger partial charge on any atom is 0.103 e. The van der Waals surface area contributed by atoms with Gasteiger partial charge in [0.15, 0.2) is 0 Å². The normalized spacial score (nSPS) is 24.9. The molecule has 0 amide bonds. The van der Waals surface area contributed by atoms with E-state index in [-0.39, 0.29) is 0 Å². The summed E-state index contributed by atoms with van der Waals surface area (Å²) in [5.41, 5.74) is 0.426. The molecule has 1 saturated heterocycles. The van der Waals surface area contributed by atoms with Crippen LogP contribution in [-0.2, 0) is 6.42 Å². The van der Waals surface area contributed by atoms with Crippen molar-refractivity contribution in [1.29, 1.82) is 0 Å². The van der Waals surface area contributed by atoms with Gasteiger partial charge in [0.1, 0.15) is 5.76 Å². The molecular formula is C17H28N2O. The van der Waals surface area contributed by atoms with E-state index < -0.39 is 0 Å². The van der Waals surface area contributed by atoms with Crippen LogP contribution in [0.2, 0.25) is 0 Å². The van der Waals surface area contributed by atoms with Gasteiger partial charge < -0.3 is 9.73 Å². The quantitative estimate of drug-likeness (QED) is 0.915. The zero-order chi connectivity index (χ0) is 13.8. The van der Waals surface area contributed by atoms with Crippen LogP contribution in [0.15, 0.2) is 22.8 Å². The summed E-state index contributed by atoms with van der Waals surface area (Å²) in [5, 5.41) is 3.83. The molecule has 2 aliphatic rings. The molecule has 0 radical (unpaired) electrons. The molecule has 1 saturated carbocycles. The van der Waals surface area contributed by atoms with Gasteiger partial charge in [0, 0.05) is 37.6 Å². The van der Waals surface area contributed by atoms with Crippen molar-refractivity contribution in [2.24, 2.45) is 0 Å². The first kappa shape index (κ1) is 14.2. The molecule has 3 rings (SSSR count). The van der Waals surface area contributed by atoms with Crippen LogP contribution in [-0.4, -0.2) is 36.1 Å². The Hall–Kier alpha value is -0.800. The van der Waals surface area contributed by atoms with Crippen molar-refractivity contribution in [2.75, 3.05) is 19.6 Å². The fourth-order valence-corrected chi connectivity index (χ4v) is 3.92. The summed E-state index contributed by atoms with van der Waals surface area (Å²) in [6.07, 6.45) is 11.0. The molecule has 2 heterocycles. The van der Waals surface area contributed by atoms with Gasteiger partial charge in [-0.25, -0.2) is 0 Å². The number of piperazine rings is 1. The van der Waals surface area contributed by atoms with Crippen LogP contribution in [0.1, 0.15) is 51.2 Å². The van der Waals surface area contributed by atoms with E-state index >= 15 is 0 Å². The lowest BCUT2D eigenvalue weighted by atomic mass is 9.80. The molecule has 1 aromatic heterocycles. The van der Waals surface area contributed by atoms with E-state index in [2.05, 4.69) is 23.2 Å². The van der Waals surface area contributed by atoms with E-state index in [1.165, 1.54) is 51.6 Å². The first-order chi connectivity index (χ1) is 9.77. The highest BCUT2D eigenvalue weighted by Crippen LogP contribution is 2.31. The highest BCUT2D eigenvalue weighted by atomic mass is 16.3. The zero-order valence-corrected chi connectivity index (χ0v) is 12.7. The van der Waals surface area contributed by atoms with Crippen molar-refractivity contribution in [1.82, 2.24) is 10.2 Å². The Kier molecular flexibility index (Phi) is 4.47. The Balaban J connectivity index is 1.53. The predicted octanol–water partition coefficient (Wildman–Crippen LogP) is 3.21. The molecule has 112 valence electrons. The smallest absolute Gasteiger partial charge is 0.103 e. The van der Waals surface area contributed by atoms with Crippen LogP contribution < -0.4 is 5.32 Å². The summed E-state index contributed by atoms with van der Waals surface area (Å²) in [4.78, 5) is 2.70. The average molecular weight is 276 g/mol. The van der Waals surface area contributed by atoms with Crippen molar-refractivity contribution in [3.63, 3.8) is 0 Å². The number of nitrogens with one attached hydrogen (secondary N) is 1. The summed E-state index contributed by atoms with van der Waals surface area (Å²) >= 11 is 0. The van der Waals surface area contributed by atoms with Gasteiger partial charge in [-0.15, -0.1) is 0 Å². The maximum atomic E-state index is 5.45. The number of hydrogen-bond acceptors (Lipinski definition) is 3. The molecule has 3 nitrogen and oxygen atoms in total. The molecule has 1 unspecified atom stereocenters. The number of nitrogens with zero attached hydrogens (tertiary/aromatic N) is 1. The molecule has 1 aliphatic heterocycles. The average Bonchev–Trinajstić information content (AvgIpc) is 2.99. The fourth-order valence-electron chi connectivity index (χ4n) is 3.92. The lowest BCUT2D eigenvalue weighted by Crippen LogP contribution is -2.62. The van der Waals surface area contributed by atoms with Gasteiger partial charge in [-0.05, 0) is 38.3 Å². The second kappa shape index (κ2) is 6.31. The van der Waals surface area contributed by atoms with Gasteiger partial charge in [-0.2, -0.15) is 0 Å². The second-order valence-corrected chi connectivity index (χ2v) is 6.71. The molecule has 1 aromatic rings. The van der Waals surface area contributed by atoms with E-state index in [0.717, 1.165) is 18.7 Å². The highest BCUT2D eigenvalue weighted by Gasteiger charge is 2.37. The van der Waals surface area contributed by atoms with Crippen LogP contribution >= 0.6 is 0 Å². The predicted molar refractivity (Wildman–Crippen MR) is 81.9 cm³/mol. The standard InChI is InChI=1S/C17H28N2O/c1-15(7-8-16-6-5-13-20-16)19-12-11-18-17(14-19)9-3-2-4-10-17/h5-6,13,15,18H,2-4,7-12,14H2,1H3. The molecule has 2 fully saturated rings. The van der Waals surface area contributed by atoms with Crippen molar-refractivity contribution in [2.45, 2.75) is 63.5 Å². The monoisotopic (exact) mass is 276 g/mol. The summed E-state index contributed by atoms with van der Waals surface area (Å²) < 4.78 is 5.45. The van der Waals surface area contributed by atoms with Gasteiger partial charge in [-0.3, -0.25) is 4.90 Å². The largest absolute Gasteiger partial charge is 0.469 e. The lowest BCUT2D eigenvalue weighted by Gasteiger charge is -2.48. The zero-order valence-electron chi connectivity index (χ0n) is 12.7. The molecule has 1 spiro atoms. The SMILES string of the molecule is CC(CCc1ccco1)N1CCNC2(CCCCC2)C1. The molecule has 1 aliphatic carbocycles. The van der Waals surface area contributed by atoms with E-state index in [1.54, 1.807) is 6.26 Å². The molecule has 3 heteroatoms. The number of hydrogen-bond donors (Lipinski definition) is 1. The number of aryl methyl sites for hydroxylation is 1. The number of furan rings is 1. The lowest BCUT2D eigenvalue weighted by molar-refractivity contribution is 0.0701. The molecule has 0 aromatic carbocycles. The maximum absolute atomic E-state index is 5.45. The molecule has 1 atom stereocenters. The Bertz CT molecular complexity index is 390. The third-order valence-corrected chi connectivity index (χ3v) is 5.23. The van der Waals surface area contributed by atoms with Gasteiger partial charge in [-0.1, -0.05) is 19.3 Å². The van der Waals surface area contributed by atoms with Crippen LogP contribution in [0, 0.1) is 0 Å². The second-order valence-electron chi connectivity index (χ2n) is 6.71. The van der Waals surface area contributed by atoms with Gasteiger partial charge >= 0.3 is 0 Å². The van der Waals surface area contributed by atoms with Crippen molar-refractivity contribution in [3.8, 4) is 0 Å². The van der Waals surface area contributed by atoms with Crippen molar-refractivity contribution in [3.05, 3.63) is 24.2 Å².